The van der Waals surface area contributed by atoms with Crippen LogP contribution in [0.3, 0.4) is 0 Å². The van der Waals surface area contributed by atoms with Gasteiger partial charge in [-0.1, -0.05) is 23.2 Å². The zero-order valence-corrected chi connectivity index (χ0v) is 21.6. The van der Waals surface area contributed by atoms with Gasteiger partial charge < -0.3 is 15.3 Å². The molecule has 3 aliphatic rings. The van der Waals surface area contributed by atoms with Crippen LogP contribution in [0, 0.1) is 6.92 Å². The van der Waals surface area contributed by atoms with E-state index < -0.39 is 32.8 Å². The molecule has 0 saturated carbocycles. The summed E-state index contributed by atoms with van der Waals surface area (Å²) >= 11 is 5.83. The summed E-state index contributed by atoms with van der Waals surface area (Å²) in [4.78, 5) is 45.6. The molecule has 2 aromatic rings. The van der Waals surface area contributed by atoms with Crippen molar-refractivity contribution in [2.75, 3.05) is 13.1 Å². The zero-order valence-electron chi connectivity index (χ0n) is 20.0. The summed E-state index contributed by atoms with van der Waals surface area (Å²) in [6.07, 6.45) is 2.36. The fraction of sp³-hybridized carbons (Fsp3) is 0.308. The Bertz CT molecular complexity index is 1420. The first-order valence-electron chi connectivity index (χ1n) is 11.6. The lowest BCUT2D eigenvalue weighted by Crippen LogP contribution is -2.67. The minimum atomic E-state index is -4.15. The highest BCUT2D eigenvalue weighted by atomic mass is 35.5. The van der Waals surface area contributed by atoms with Crippen LogP contribution in [0.1, 0.15) is 36.8 Å². The molecule has 194 valence electrons. The van der Waals surface area contributed by atoms with E-state index in [0.29, 0.717) is 36.4 Å². The number of benzene rings is 2. The molecule has 2 amide bonds. The van der Waals surface area contributed by atoms with Crippen molar-refractivity contribution in [2.24, 2.45) is 0 Å². The largest absolute Gasteiger partial charge is 0.507 e. The van der Waals surface area contributed by atoms with E-state index in [1.54, 1.807) is 12.1 Å². The van der Waals surface area contributed by atoms with Crippen molar-refractivity contribution in [3.8, 4) is 5.75 Å². The summed E-state index contributed by atoms with van der Waals surface area (Å²) in [5.74, 6) is -0.874. The Morgan fingerprint density at radius 2 is 1.73 bits per heavy atom. The molecular weight excluding hydrogens is 520 g/mol. The standard InChI is InChI=1S/C20H16ClNO5S.C6H9NO2/c1-12-2-7-17(23)13(8-12)9-14-11-22-18(24)10-20(22,19(14)25)28(26,27)16-5-3-15(21)4-6-16;8-5-1-2-6(9)7-4-3-5/h2-9,23H,10-11H2,1H3;1-4H2,(H,7,9). The molecule has 0 aromatic heterocycles. The van der Waals surface area contributed by atoms with Gasteiger partial charge in [0.15, 0.2) is 0 Å². The second kappa shape index (κ2) is 10.1. The van der Waals surface area contributed by atoms with Gasteiger partial charge in [-0.15, -0.1) is 0 Å². The van der Waals surface area contributed by atoms with E-state index in [4.69, 9.17) is 11.6 Å². The summed E-state index contributed by atoms with van der Waals surface area (Å²) < 4.78 is 26.5. The number of Topliss-reactive ketones (excluding diaryl/α,β-unsaturated/α-hetero) is 2. The Morgan fingerprint density at radius 1 is 1.03 bits per heavy atom. The van der Waals surface area contributed by atoms with Crippen molar-refractivity contribution in [1.82, 2.24) is 10.2 Å². The highest BCUT2D eigenvalue weighted by Gasteiger charge is 2.69. The number of aryl methyl sites for hydroxylation is 1. The summed E-state index contributed by atoms with van der Waals surface area (Å²) in [5, 5.41) is 13.0. The van der Waals surface area contributed by atoms with Crippen LogP contribution in [-0.4, -0.2) is 59.8 Å². The van der Waals surface area contributed by atoms with Gasteiger partial charge in [-0.05, 0) is 49.4 Å². The number of hydrogen-bond acceptors (Lipinski definition) is 7. The van der Waals surface area contributed by atoms with Gasteiger partial charge in [0.25, 0.3) is 0 Å². The monoisotopic (exact) mass is 544 g/mol. The van der Waals surface area contributed by atoms with Crippen LogP contribution < -0.4 is 5.32 Å². The second-order valence-corrected chi connectivity index (χ2v) is 11.7. The molecule has 2 aromatic carbocycles. The lowest BCUT2D eigenvalue weighted by atomic mass is 9.98. The van der Waals surface area contributed by atoms with Gasteiger partial charge in [0.1, 0.15) is 11.5 Å². The highest BCUT2D eigenvalue weighted by Crippen LogP contribution is 2.48. The van der Waals surface area contributed by atoms with Gasteiger partial charge >= 0.3 is 0 Å². The molecule has 0 bridgehead atoms. The van der Waals surface area contributed by atoms with Crippen molar-refractivity contribution in [3.63, 3.8) is 0 Å². The maximum atomic E-state index is 13.3. The molecule has 0 aliphatic carbocycles. The molecule has 2 N–H and O–H groups in total. The number of ketones is 2. The molecular formula is C26H25ClN2O7S. The minimum absolute atomic E-state index is 0.000787. The maximum absolute atomic E-state index is 13.3. The van der Waals surface area contributed by atoms with E-state index >= 15 is 0 Å². The van der Waals surface area contributed by atoms with E-state index in [1.807, 2.05) is 6.92 Å². The van der Waals surface area contributed by atoms with Crippen molar-refractivity contribution in [2.45, 2.75) is 42.4 Å². The minimum Gasteiger partial charge on any atom is -0.507 e. The SMILES string of the molecule is Cc1ccc(O)c(C=C2CN3C(=O)CC3(S(=O)(=O)c3ccc(Cl)cc3)C2=O)c1.O=C1CCNC(=O)CC1. The molecule has 37 heavy (non-hydrogen) atoms. The Hall–Kier alpha value is -3.50. The first-order valence-corrected chi connectivity index (χ1v) is 13.5. The third-order valence-corrected chi connectivity index (χ3v) is 9.12. The number of sulfone groups is 1. The number of phenols is 1. The summed E-state index contributed by atoms with van der Waals surface area (Å²) in [7, 11) is -4.15. The number of phenolic OH excluding ortho intramolecular Hbond substituents is 1. The average Bonchev–Trinajstić information content (AvgIpc) is 2.94. The fourth-order valence-corrected chi connectivity index (χ4v) is 6.64. The maximum Gasteiger partial charge on any atom is 0.228 e. The lowest BCUT2D eigenvalue weighted by Gasteiger charge is -2.44. The molecule has 3 saturated heterocycles. The number of aromatic hydroxyl groups is 1. The molecule has 0 radical (unpaired) electrons. The number of nitrogens with zero attached hydrogens (tertiary/aromatic N) is 1. The van der Waals surface area contributed by atoms with Crippen LogP contribution in [0.25, 0.3) is 6.08 Å². The first-order chi connectivity index (χ1) is 17.5. The van der Waals surface area contributed by atoms with Crippen LogP contribution in [-0.2, 0) is 29.0 Å². The highest BCUT2D eigenvalue weighted by molar-refractivity contribution is 7.93. The second-order valence-electron chi connectivity index (χ2n) is 9.10. The number of carbonyl (C=O) groups is 4. The van der Waals surface area contributed by atoms with E-state index in [1.165, 1.54) is 36.4 Å². The number of rotatable bonds is 3. The van der Waals surface area contributed by atoms with Gasteiger partial charge in [0, 0.05) is 42.0 Å². The predicted octanol–water partition coefficient (Wildman–Crippen LogP) is 2.58. The molecule has 5 rings (SSSR count). The molecule has 3 heterocycles. The van der Waals surface area contributed by atoms with Crippen LogP contribution in [0.4, 0.5) is 0 Å². The number of amides is 2. The summed E-state index contributed by atoms with van der Waals surface area (Å²) in [6.45, 7) is 2.25. The van der Waals surface area contributed by atoms with Gasteiger partial charge in [-0.2, -0.15) is 0 Å². The summed E-state index contributed by atoms with van der Waals surface area (Å²) in [6, 6.07) is 10.4. The smallest absolute Gasteiger partial charge is 0.228 e. The number of carbonyl (C=O) groups excluding carboxylic acids is 4. The normalized spacial score (nSPS) is 22.5. The van der Waals surface area contributed by atoms with Crippen LogP contribution >= 0.6 is 11.6 Å². The molecule has 3 aliphatic heterocycles. The van der Waals surface area contributed by atoms with Gasteiger partial charge in [0.05, 0.1) is 17.9 Å². The van der Waals surface area contributed by atoms with Gasteiger partial charge in [0.2, 0.25) is 32.3 Å². The molecule has 11 heteroatoms. The van der Waals surface area contributed by atoms with Crippen molar-refractivity contribution < 1.29 is 32.7 Å². The number of hydrogen-bond donors (Lipinski definition) is 2. The zero-order chi connectivity index (χ0) is 27.0. The third kappa shape index (κ3) is 4.91. The number of nitrogens with one attached hydrogen (secondary N) is 1. The first kappa shape index (κ1) is 26.6. The number of β-lactam (4-membered cyclic amide) rings is 1. The van der Waals surface area contributed by atoms with Gasteiger partial charge in [-0.3, -0.25) is 19.2 Å². The molecule has 0 spiro atoms. The molecule has 3 fully saturated rings. The van der Waals surface area contributed by atoms with Crippen LogP contribution in [0.5, 0.6) is 5.75 Å². The van der Waals surface area contributed by atoms with E-state index in [0.717, 1.165) is 10.5 Å². The molecule has 1 unspecified atom stereocenters. The number of halogens is 1. The van der Waals surface area contributed by atoms with Gasteiger partial charge in [-0.25, -0.2) is 8.42 Å². The fourth-order valence-electron chi connectivity index (χ4n) is 4.48. The van der Waals surface area contributed by atoms with Crippen LogP contribution in [0.15, 0.2) is 52.9 Å². The Kier molecular flexibility index (Phi) is 7.25. The molecule has 9 nitrogen and oxygen atoms in total. The van der Waals surface area contributed by atoms with Crippen molar-refractivity contribution >= 4 is 50.9 Å². The van der Waals surface area contributed by atoms with E-state index in [9.17, 15) is 32.7 Å². The quantitative estimate of drug-likeness (QED) is 0.447. The third-order valence-electron chi connectivity index (χ3n) is 6.54. The van der Waals surface area contributed by atoms with E-state index in [-0.39, 0.29) is 34.5 Å². The van der Waals surface area contributed by atoms with E-state index in [2.05, 4.69) is 5.32 Å². The lowest BCUT2D eigenvalue weighted by molar-refractivity contribution is -0.150. The van der Waals surface area contributed by atoms with Crippen LogP contribution in [0.2, 0.25) is 5.02 Å². The Labute approximate surface area is 219 Å². The summed E-state index contributed by atoms with van der Waals surface area (Å²) in [5.41, 5.74) is 1.44. The topological polar surface area (TPSA) is 138 Å². The Morgan fingerprint density at radius 3 is 2.41 bits per heavy atom. The Balaban J connectivity index is 0.000000301. The van der Waals surface area contributed by atoms with Crippen molar-refractivity contribution in [3.05, 3.63) is 64.2 Å². The van der Waals surface area contributed by atoms with Crippen molar-refractivity contribution in [1.29, 1.82) is 0 Å². The predicted molar refractivity (Wildman–Crippen MR) is 135 cm³/mol. The average molecular weight is 545 g/mol. The molecule has 1 atom stereocenters. The number of fused-ring (bicyclic) bond motifs is 1.